The molecular weight excluding hydrogens is 352 g/mol. The summed E-state index contributed by atoms with van der Waals surface area (Å²) in [6, 6.07) is 6.88. The number of hydrogen-bond donors (Lipinski definition) is 3. The minimum absolute atomic E-state index is 0.259. The minimum Gasteiger partial charge on any atom is -0.385 e. The summed E-state index contributed by atoms with van der Waals surface area (Å²) in [4.78, 5) is 4.52. The molecule has 7 nitrogen and oxygen atoms in total. The van der Waals surface area contributed by atoms with Gasteiger partial charge in [0.2, 0.25) is 10.0 Å². The Kier molecular flexibility index (Phi) is 7.43. The smallest absolute Gasteiger partial charge is 0.240 e. The van der Waals surface area contributed by atoms with E-state index in [0.717, 1.165) is 31.1 Å². The molecule has 0 saturated heterocycles. The third-order valence-electron chi connectivity index (χ3n) is 5.04. The van der Waals surface area contributed by atoms with Gasteiger partial charge in [0.15, 0.2) is 5.96 Å². The summed E-state index contributed by atoms with van der Waals surface area (Å²) >= 11 is 0. The van der Waals surface area contributed by atoms with Crippen molar-refractivity contribution in [2.75, 3.05) is 34.4 Å². The summed E-state index contributed by atoms with van der Waals surface area (Å²) in [7, 11) is 1.45. The van der Waals surface area contributed by atoms with Gasteiger partial charge in [0.05, 0.1) is 4.90 Å². The highest BCUT2D eigenvalue weighted by atomic mass is 32.2. The molecule has 8 heteroatoms. The van der Waals surface area contributed by atoms with Gasteiger partial charge in [-0.15, -0.1) is 0 Å². The fourth-order valence-electron chi connectivity index (χ4n) is 3.13. The standard InChI is InChI=1S/C18H30N4O3S/c1-19-17(22-14-18(8-5-9-18)10-11-25-3)21-13-15-6-4-7-16(12-15)26(23,24)20-2/h4,6-7,12,20H,5,8-11,13-14H2,1-3H3,(H2,19,21,22). The van der Waals surface area contributed by atoms with E-state index in [4.69, 9.17) is 4.74 Å². The Morgan fingerprint density at radius 3 is 2.65 bits per heavy atom. The largest absolute Gasteiger partial charge is 0.385 e. The number of aliphatic imine (C=N–C) groups is 1. The quantitative estimate of drug-likeness (QED) is 0.444. The van der Waals surface area contributed by atoms with Crippen LogP contribution < -0.4 is 15.4 Å². The minimum atomic E-state index is -3.43. The Balaban J connectivity index is 1.90. The molecule has 1 aromatic rings. The van der Waals surface area contributed by atoms with E-state index in [1.54, 1.807) is 32.4 Å². The summed E-state index contributed by atoms with van der Waals surface area (Å²) in [6.45, 7) is 2.14. The highest BCUT2D eigenvalue weighted by Crippen LogP contribution is 2.43. The molecule has 0 aliphatic heterocycles. The first-order valence-corrected chi connectivity index (χ1v) is 10.4. The lowest BCUT2D eigenvalue weighted by Crippen LogP contribution is -2.46. The number of benzene rings is 1. The third kappa shape index (κ3) is 5.43. The molecule has 0 spiro atoms. The van der Waals surface area contributed by atoms with Crippen molar-refractivity contribution in [2.45, 2.75) is 37.1 Å². The van der Waals surface area contributed by atoms with E-state index in [2.05, 4.69) is 20.3 Å². The molecule has 3 N–H and O–H groups in total. The van der Waals surface area contributed by atoms with Crippen molar-refractivity contribution in [1.29, 1.82) is 0 Å². The first-order valence-electron chi connectivity index (χ1n) is 8.91. The number of sulfonamides is 1. The molecule has 1 aliphatic rings. The predicted octanol–water partition coefficient (Wildman–Crippen LogP) is 1.47. The summed E-state index contributed by atoms with van der Waals surface area (Å²) in [5.74, 6) is 0.718. The first-order chi connectivity index (χ1) is 12.4. The van der Waals surface area contributed by atoms with Crippen LogP contribution in [0.3, 0.4) is 0 Å². The van der Waals surface area contributed by atoms with Crippen molar-refractivity contribution in [1.82, 2.24) is 15.4 Å². The number of nitrogens with one attached hydrogen (secondary N) is 3. The maximum absolute atomic E-state index is 11.9. The molecule has 26 heavy (non-hydrogen) atoms. The molecule has 1 fully saturated rings. The van der Waals surface area contributed by atoms with E-state index in [-0.39, 0.29) is 4.90 Å². The van der Waals surface area contributed by atoms with Gasteiger partial charge in [-0.25, -0.2) is 13.1 Å². The molecular formula is C18H30N4O3S. The molecule has 1 saturated carbocycles. The Bertz CT molecular complexity index is 715. The highest BCUT2D eigenvalue weighted by molar-refractivity contribution is 7.89. The van der Waals surface area contributed by atoms with Gasteiger partial charge in [-0.05, 0) is 49.4 Å². The SMILES string of the molecule is CN=C(NCc1cccc(S(=O)(=O)NC)c1)NCC1(CCOC)CCC1. The maximum atomic E-state index is 11.9. The Morgan fingerprint density at radius 2 is 2.08 bits per heavy atom. The van der Waals surface area contributed by atoms with Crippen LogP contribution in [0.2, 0.25) is 0 Å². The number of rotatable bonds is 9. The fraction of sp³-hybridized carbons (Fsp3) is 0.611. The normalized spacial score (nSPS) is 16.8. The molecule has 0 amide bonds. The predicted molar refractivity (Wildman–Crippen MR) is 104 cm³/mol. The molecule has 0 unspecified atom stereocenters. The molecule has 0 atom stereocenters. The average molecular weight is 383 g/mol. The number of hydrogen-bond acceptors (Lipinski definition) is 4. The third-order valence-corrected chi connectivity index (χ3v) is 6.45. The van der Waals surface area contributed by atoms with E-state index in [1.165, 1.54) is 26.3 Å². The zero-order valence-corrected chi connectivity index (χ0v) is 16.7. The van der Waals surface area contributed by atoms with Gasteiger partial charge in [0.1, 0.15) is 0 Å². The van der Waals surface area contributed by atoms with Gasteiger partial charge < -0.3 is 15.4 Å². The number of ether oxygens (including phenoxy) is 1. The van der Waals surface area contributed by atoms with Gasteiger partial charge in [0.25, 0.3) is 0 Å². The number of nitrogens with zero attached hydrogens (tertiary/aromatic N) is 1. The van der Waals surface area contributed by atoms with Crippen molar-refractivity contribution in [3.8, 4) is 0 Å². The summed E-state index contributed by atoms with van der Waals surface area (Å²) in [6.07, 6.45) is 4.75. The van der Waals surface area contributed by atoms with Crippen LogP contribution in [0.25, 0.3) is 0 Å². The zero-order chi connectivity index (χ0) is 19.0. The van der Waals surface area contributed by atoms with Crippen LogP contribution in [-0.4, -0.2) is 48.7 Å². The highest BCUT2D eigenvalue weighted by Gasteiger charge is 2.36. The maximum Gasteiger partial charge on any atom is 0.240 e. The van der Waals surface area contributed by atoms with Crippen LogP contribution in [-0.2, 0) is 21.3 Å². The fourth-order valence-corrected chi connectivity index (χ4v) is 3.93. The molecule has 1 aliphatic carbocycles. The summed E-state index contributed by atoms with van der Waals surface area (Å²) in [5, 5.41) is 6.65. The van der Waals surface area contributed by atoms with E-state index in [1.807, 2.05) is 6.07 Å². The Labute approximate surface area is 156 Å². The lowest BCUT2D eigenvalue weighted by atomic mass is 9.67. The molecule has 0 bridgehead atoms. The molecule has 0 heterocycles. The van der Waals surface area contributed by atoms with Crippen LogP contribution in [0.15, 0.2) is 34.2 Å². The Morgan fingerprint density at radius 1 is 1.31 bits per heavy atom. The van der Waals surface area contributed by atoms with Crippen molar-refractivity contribution < 1.29 is 13.2 Å². The lowest BCUT2D eigenvalue weighted by molar-refractivity contribution is 0.0732. The van der Waals surface area contributed by atoms with Gasteiger partial charge in [-0.3, -0.25) is 4.99 Å². The van der Waals surface area contributed by atoms with E-state index >= 15 is 0 Å². The van der Waals surface area contributed by atoms with E-state index in [0.29, 0.717) is 12.0 Å². The van der Waals surface area contributed by atoms with Gasteiger partial charge in [0, 0.05) is 33.9 Å². The molecule has 146 valence electrons. The summed E-state index contributed by atoms with van der Waals surface area (Å²) in [5.41, 5.74) is 1.18. The van der Waals surface area contributed by atoms with Gasteiger partial charge >= 0.3 is 0 Å². The molecule has 0 radical (unpaired) electrons. The second-order valence-electron chi connectivity index (χ2n) is 6.73. The second-order valence-corrected chi connectivity index (χ2v) is 8.62. The van der Waals surface area contributed by atoms with Crippen molar-refractivity contribution >= 4 is 16.0 Å². The first kappa shape index (κ1) is 20.7. The lowest BCUT2D eigenvalue weighted by Gasteiger charge is -2.42. The van der Waals surface area contributed by atoms with E-state index < -0.39 is 10.0 Å². The zero-order valence-electron chi connectivity index (χ0n) is 15.8. The van der Waals surface area contributed by atoms with Gasteiger partial charge in [-0.1, -0.05) is 18.6 Å². The van der Waals surface area contributed by atoms with Crippen LogP contribution in [0.4, 0.5) is 0 Å². The van der Waals surface area contributed by atoms with Crippen LogP contribution in [0.1, 0.15) is 31.2 Å². The summed E-state index contributed by atoms with van der Waals surface area (Å²) < 4.78 is 31.4. The monoisotopic (exact) mass is 382 g/mol. The number of guanidine groups is 1. The van der Waals surface area contributed by atoms with Crippen molar-refractivity contribution in [3.63, 3.8) is 0 Å². The van der Waals surface area contributed by atoms with E-state index in [9.17, 15) is 8.42 Å². The van der Waals surface area contributed by atoms with Gasteiger partial charge in [-0.2, -0.15) is 0 Å². The topological polar surface area (TPSA) is 91.8 Å². The number of methoxy groups -OCH3 is 1. The average Bonchev–Trinajstić information content (AvgIpc) is 2.63. The molecule has 2 rings (SSSR count). The molecule has 0 aromatic heterocycles. The Hall–Kier alpha value is -1.64. The van der Waals surface area contributed by atoms with Crippen LogP contribution in [0.5, 0.6) is 0 Å². The molecule has 1 aromatic carbocycles. The van der Waals surface area contributed by atoms with Crippen LogP contribution in [0, 0.1) is 5.41 Å². The van der Waals surface area contributed by atoms with Crippen molar-refractivity contribution in [2.24, 2.45) is 10.4 Å². The van der Waals surface area contributed by atoms with Crippen molar-refractivity contribution in [3.05, 3.63) is 29.8 Å². The second kappa shape index (κ2) is 9.34. The van der Waals surface area contributed by atoms with Crippen LogP contribution >= 0.6 is 0 Å².